The Morgan fingerprint density at radius 1 is 1.36 bits per heavy atom. The number of benzene rings is 1. The molecule has 1 spiro atoms. The third-order valence-corrected chi connectivity index (χ3v) is 9.33. The fourth-order valence-electron chi connectivity index (χ4n) is 6.02. The molecular formula is C25H32N2O5S. The molecule has 3 heterocycles. The highest BCUT2D eigenvalue weighted by molar-refractivity contribution is 8.02. The number of amides is 2. The van der Waals surface area contributed by atoms with Crippen molar-refractivity contribution < 1.29 is 24.2 Å². The van der Waals surface area contributed by atoms with E-state index in [2.05, 4.69) is 13.5 Å². The van der Waals surface area contributed by atoms with Gasteiger partial charge in [0.1, 0.15) is 6.04 Å². The summed E-state index contributed by atoms with van der Waals surface area (Å²) in [6.45, 7) is 8.47. The molecule has 0 aromatic heterocycles. The van der Waals surface area contributed by atoms with Crippen LogP contribution in [0.1, 0.15) is 25.8 Å². The third kappa shape index (κ3) is 3.77. The van der Waals surface area contributed by atoms with E-state index in [1.54, 1.807) is 29.7 Å². The summed E-state index contributed by atoms with van der Waals surface area (Å²) in [5, 5.41) is 9.70. The number of carbonyl (C=O) groups is 3. The largest absolute Gasteiger partial charge is 0.466 e. The Balaban J connectivity index is 1.73. The minimum absolute atomic E-state index is 0.0402. The molecule has 178 valence electrons. The summed E-state index contributed by atoms with van der Waals surface area (Å²) in [6, 6.07) is 8.97. The highest BCUT2D eigenvalue weighted by atomic mass is 32.2. The molecule has 6 atom stereocenters. The van der Waals surface area contributed by atoms with Gasteiger partial charge in [0.15, 0.2) is 0 Å². The molecule has 0 aliphatic carbocycles. The number of nitrogens with zero attached hydrogens (tertiary/aromatic N) is 2. The number of esters is 1. The van der Waals surface area contributed by atoms with Gasteiger partial charge in [-0.05, 0) is 24.8 Å². The van der Waals surface area contributed by atoms with E-state index in [1.807, 2.05) is 30.3 Å². The van der Waals surface area contributed by atoms with Crippen molar-refractivity contribution in [2.45, 2.75) is 42.9 Å². The molecular weight excluding hydrogens is 440 g/mol. The predicted molar refractivity (Wildman–Crippen MR) is 126 cm³/mol. The maximum atomic E-state index is 14.1. The fourth-order valence-corrected chi connectivity index (χ4v) is 8.42. The molecule has 33 heavy (non-hydrogen) atoms. The summed E-state index contributed by atoms with van der Waals surface area (Å²) in [5.74, 6) is -1.83. The van der Waals surface area contributed by atoms with Crippen LogP contribution >= 0.6 is 11.8 Å². The molecule has 3 aliphatic heterocycles. The molecule has 3 fully saturated rings. The Bertz CT molecular complexity index is 925. The smallest absolute Gasteiger partial charge is 0.310 e. The van der Waals surface area contributed by atoms with E-state index in [-0.39, 0.29) is 48.7 Å². The van der Waals surface area contributed by atoms with Crippen LogP contribution in [0.15, 0.2) is 43.0 Å². The van der Waals surface area contributed by atoms with Crippen molar-refractivity contribution in [1.82, 2.24) is 9.80 Å². The van der Waals surface area contributed by atoms with Crippen molar-refractivity contribution in [3.8, 4) is 0 Å². The lowest BCUT2D eigenvalue weighted by molar-refractivity contribution is -0.154. The summed E-state index contributed by atoms with van der Waals surface area (Å²) >= 11 is 1.61. The van der Waals surface area contributed by atoms with E-state index in [0.29, 0.717) is 13.1 Å². The molecule has 8 heteroatoms. The van der Waals surface area contributed by atoms with Gasteiger partial charge in [0, 0.05) is 24.9 Å². The minimum atomic E-state index is -0.741. The average molecular weight is 473 g/mol. The van der Waals surface area contributed by atoms with Crippen LogP contribution in [0.25, 0.3) is 0 Å². The molecule has 2 bridgehead atoms. The van der Waals surface area contributed by atoms with E-state index in [0.717, 1.165) is 12.0 Å². The maximum absolute atomic E-state index is 14.1. The van der Waals surface area contributed by atoms with Gasteiger partial charge >= 0.3 is 5.97 Å². The lowest BCUT2D eigenvalue weighted by atomic mass is 9.66. The Hall–Kier alpha value is -2.32. The molecule has 4 rings (SSSR count). The van der Waals surface area contributed by atoms with Gasteiger partial charge in [-0.25, -0.2) is 0 Å². The number of hydrogen-bond donors (Lipinski definition) is 1. The molecule has 7 nitrogen and oxygen atoms in total. The molecule has 0 saturated carbocycles. The predicted octanol–water partition coefficient (Wildman–Crippen LogP) is 2.09. The topological polar surface area (TPSA) is 87.2 Å². The van der Waals surface area contributed by atoms with Crippen molar-refractivity contribution in [3.05, 3.63) is 48.6 Å². The zero-order valence-corrected chi connectivity index (χ0v) is 20.0. The summed E-state index contributed by atoms with van der Waals surface area (Å²) in [7, 11) is 0. The number of thioether (sulfide) groups is 1. The van der Waals surface area contributed by atoms with Crippen molar-refractivity contribution in [2.24, 2.45) is 17.8 Å². The Morgan fingerprint density at radius 3 is 2.73 bits per heavy atom. The van der Waals surface area contributed by atoms with Crippen LogP contribution < -0.4 is 0 Å². The standard InChI is InChI=1S/C25H32N2O5S/c1-4-11-26(15-17-9-7-6-8-10-17)23(30)21-25-16(3)14-18(33-25)19(24(31)32-5-2)20(25)22(29)27(21)12-13-28/h4,6-10,16,18-21,28H,1,5,11-15H2,2-3H3/t16?,18-,19+,20+,21?,25?/m1/s1. The van der Waals surface area contributed by atoms with Crippen LogP contribution in [0.5, 0.6) is 0 Å². The van der Waals surface area contributed by atoms with Crippen molar-refractivity contribution in [3.63, 3.8) is 0 Å². The zero-order valence-electron chi connectivity index (χ0n) is 19.2. The first-order valence-corrected chi connectivity index (χ1v) is 12.5. The van der Waals surface area contributed by atoms with Crippen molar-refractivity contribution in [2.75, 3.05) is 26.3 Å². The number of fused-ring (bicyclic) bond motifs is 1. The molecule has 2 amide bonds. The van der Waals surface area contributed by atoms with Gasteiger partial charge in [-0.1, -0.05) is 43.3 Å². The van der Waals surface area contributed by atoms with Gasteiger partial charge in [-0.15, -0.1) is 18.3 Å². The second kappa shape index (κ2) is 9.50. The first-order valence-electron chi connectivity index (χ1n) is 11.6. The van der Waals surface area contributed by atoms with E-state index in [9.17, 15) is 19.5 Å². The Kier molecular flexibility index (Phi) is 6.86. The molecule has 3 saturated heterocycles. The van der Waals surface area contributed by atoms with Crippen LogP contribution in [0, 0.1) is 17.8 Å². The first-order chi connectivity index (χ1) is 15.9. The van der Waals surface area contributed by atoms with Gasteiger partial charge in [0.05, 0.1) is 29.8 Å². The number of carbonyl (C=O) groups excluding carboxylic acids is 3. The summed E-state index contributed by atoms with van der Waals surface area (Å²) in [5.41, 5.74) is 0.987. The number of rotatable bonds is 9. The van der Waals surface area contributed by atoms with Gasteiger partial charge in [-0.2, -0.15) is 0 Å². The number of likely N-dealkylation sites (tertiary alicyclic amines) is 1. The molecule has 1 N–H and O–H groups in total. The zero-order chi connectivity index (χ0) is 23.8. The summed E-state index contributed by atoms with van der Waals surface area (Å²) in [6.07, 6.45) is 2.45. The number of ether oxygens (including phenoxy) is 1. The van der Waals surface area contributed by atoms with Crippen LogP contribution in [-0.4, -0.2) is 75.0 Å². The normalized spacial score (nSPS) is 32.0. The Labute approximate surface area is 199 Å². The third-order valence-electron chi connectivity index (χ3n) is 7.26. The maximum Gasteiger partial charge on any atom is 0.310 e. The van der Waals surface area contributed by atoms with E-state index >= 15 is 0 Å². The average Bonchev–Trinajstić information content (AvgIpc) is 3.38. The lowest BCUT2D eigenvalue weighted by Crippen LogP contribution is -2.57. The quantitative estimate of drug-likeness (QED) is 0.438. The molecule has 1 aromatic rings. The van der Waals surface area contributed by atoms with Gasteiger partial charge in [0.2, 0.25) is 11.8 Å². The van der Waals surface area contributed by atoms with Crippen LogP contribution in [0.2, 0.25) is 0 Å². The summed E-state index contributed by atoms with van der Waals surface area (Å²) < 4.78 is 4.64. The van der Waals surface area contributed by atoms with Gasteiger partial charge in [0.25, 0.3) is 0 Å². The van der Waals surface area contributed by atoms with Crippen molar-refractivity contribution in [1.29, 1.82) is 0 Å². The molecule has 0 radical (unpaired) electrons. The number of aliphatic hydroxyl groups is 1. The first kappa shape index (κ1) is 23.8. The second-order valence-electron chi connectivity index (χ2n) is 9.05. The van der Waals surface area contributed by atoms with Crippen LogP contribution in [0.3, 0.4) is 0 Å². The number of aliphatic hydroxyl groups excluding tert-OH is 1. The van der Waals surface area contributed by atoms with E-state index < -0.39 is 22.6 Å². The molecule has 3 unspecified atom stereocenters. The molecule has 3 aliphatic rings. The van der Waals surface area contributed by atoms with E-state index in [1.165, 1.54) is 4.90 Å². The highest BCUT2D eigenvalue weighted by Gasteiger charge is 2.76. The van der Waals surface area contributed by atoms with Crippen molar-refractivity contribution >= 4 is 29.5 Å². The fraction of sp³-hybridized carbons (Fsp3) is 0.560. The number of β-amino-alcohol motifs (C(OH)–C–C–N with tert-alkyl or cyclic N) is 1. The molecule has 1 aromatic carbocycles. The van der Waals surface area contributed by atoms with E-state index in [4.69, 9.17) is 4.74 Å². The van der Waals surface area contributed by atoms with Crippen LogP contribution in [-0.2, 0) is 25.7 Å². The number of hydrogen-bond acceptors (Lipinski definition) is 6. The second-order valence-corrected chi connectivity index (χ2v) is 10.6. The van der Waals surface area contributed by atoms with Gasteiger partial charge < -0.3 is 19.6 Å². The SMILES string of the molecule is C=CCN(Cc1ccccc1)C(=O)C1N(CCO)C(=O)[C@@H]2[C@@H](C(=O)OCC)[C@H]3CC(C)C12S3. The Morgan fingerprint density at radius 2 is 2.09 bits per heavy atom. The minimum Gasteiger partial charge on any atom is -0.466 e. The van der Waals surface area contributed by atoms with Gasteiger partial charge in [-0.3, -0.25) is 14.4 Å². The monoisotopic (exact) mass is 472 g/mol. The summed E-state index contributed by atoms with van der Waals surface area (Å²) in [4.78, 5) is 43.9. The lowest BCUT2D eigenvalue weighted by Gasteiger charge is -2.40. The van der Waals surface area contributed by atoms with Crippen LogP contribution in [0.4, 0.5) is 0 Å². The highest BCUT2D eigenvalue weighted by Crippen LogP contribution is 2.68.